The van der Waals surface area contributed by atoms with Crippen LogP contribution >= 0.6 is 0 Å². The number of methoxy groups -OCH3 is 1. The molecule has 0 unspecified atom stereocenters. The number of esters is 1. The molecule has 2 aromatic carbocycles. The van der Waals surface area contributed by atoms with Crippen LogP contribution in [-0.4, -0.2) is 19.0 Å². The van der Waals surface area contributed by atoms with Gasteiger partial charge in [0.25, 0.3) is 0 Å². The van der Waals surface area contributed by atoms with Gasteiger partial charge in [-0.1, -0.05) is 29.8 Å². The predicted molar refractivity (Wildman–Crippen MR) is 94.0 cm³/mol. The van der Waals surface area contributed by atoms with Crippen LogP contribution in [0.25, 0.3) is 6.08 Å². The lowest BCUT2D eigenvalue weighted by molar-refractivity contribution is -0.130. The lowest BCUT2D eigenvalue weighted by Crippen LogP contribution is -2.05. The van der Waals surface area contributed by atoms with E-state index in [1.54, 1.807) is 0 Å². The molecular weight excluding hydrogens is 321 g/mol. The second-order valence-corrected chi connectivity index (χ2v) is 5.80. The first-order valence-electron chi connectivity index (χ1n) is 7.95. The standard InChI is InChI=1S/C20H18FNO3/c1-13-4-3-5-14(10-13)6-9-19-22-17(20(23)25-19)12-15-11-16(21)7-8-18(15)24-2/h3-5,7-8,10-12H,6,9H2,1-2H3/b17-12+. The Morgan fingerprint density at radius 2 is 2.04 bits per heavy atom. The van der Waals surface area contributed by atoms with Gasteiger partial charge in [-0.25, -0.2) is 14.2 Å². The number of benzene rings is 2. The van der Waals surface area contributed by atoms with E-state index >= 15 is 0 Å². The minimum absolute atomic E-state index is 0.142. The average molecular weight is 339 g/mol. The van der Waals surface area contributed by atoms with E-state index in [1.807, 2.05) is 25.1 Å². The van der Waals surface area contributed by atoms with Crippen molar-refractivity contribution in [1.29, 1.82) is 0 Å². The van der Waals surface area contributed by atoms with E-state index < -0.39 is 11.8 Å². The topological polar surface area (TPSA) is 47.9 Å². The maximum Gasteiger partial charge on any atom is 0.363 e. The fourth-order valence-electron chi connectivity index (χ4n) is 2.64. The Bertz CT molecular complexity index is 871. The highest BCUT2D eigenvalue weighted by molar-refractivity contribution is 6.07. The number of cyclic esters (lactones) is 1. The van der Waals surface area contributed by atoms with Crippen LogP contribution in [0, 0.1) is 12.7 Å². The number of ether oxygens (including phenoxy) is 2. The minimum atomic E-state index is -0.537. The average Bonchev–Trinajstić information content (AvgIpc) is 2.93. The van der Waals surface area contributed by atoms with E-state index in [1.165, 1.54) is 36.9 Å². The molecule has 3 rings (SSSR count). The number of carbonyl (C=O) groups excluding carboxylic acids is 1. The van der Waals surface area contributed by atoms with Gasteiger partial charge in [-0.15, -0.1) is 0 Å². The molecule has 0 fully saturated rings. The molecule has 1 aliphatic rings. The summed E-state index contributed by atoms with van der Waals surface area (Å²) in [5.74, 6) is -0.119. The summed E-state index contributed by atoms with van der Waals surface area (Å²) >= 11 is 0. The summed E-state index contributed by atoms with van der Waals surface area (Å²) in [5.41, 5.74) is 2.92. The largest absolute Gasteiger partial charge is 0.496 e. The molecule has 1 aliphatic heterocycles. The second kappa shape index (κ2) is 7.30. The molecule has 4 nitrogen and oxygen atoms in total. The maximum atomic E-state index is 13.4. The lowest BCUT2D eigenvalue weighted by Gasteiger charge is -2.04. The van der Waals surface area contributed by atoms with Gasteiger partial charge in [0.2, 0.25) is 0 Å². The van der Waals surface area contributed by atoms with Crippen molar-refractivity contribution in [3.8, 4) is 5.75 Å². The van der Waals surface area contributed by atoms with Gasteiger partial charge in [-0.2, -0.15) is 0 Å². The first-order chi connectivity index (χ1) is 12.0. The highest BCUT2D eigenvalue weighted by Gasteiger charge is 2.23. The smallest absolute Gasteiger partial charge is 0.363 e. The molecule has 2 aromatic rings. The van der Waals surface area contributed by atoms with Crippen LogP contribution in [-0.2, 0) is 16.0 Å². The molecule has 0 aromatic heterocycles. The molecule has 0 radical (unpaired) electrons. The highest BCUT2D eigenvalue weighted by Crippen LogP contribution is 2.25. The van der Waals surface area contributed by atoms with E-state index in [2.05, 4.69) is 11.1 Å². The Hall–Kier alpha value is -2.95. The highest BCUT2D eigenvalue weighted by atomic mass is 19.1. The van der Waals surface area contributed by atoms with Crippen LogP contribution in [0.3, 0.4) is 0 Å². The Labute approximate surface area is 145 Å². The quantitative estimate of drug-likeness (QED) is 0.609. The zero-order chi connectivity index (χ0) is 17.8. The predicted octanol–water partition coefficient (Wildman–Crippen LogP) is 4.07. The molecule has 0 N–H and O–H groups in total. The van der Waals surface area contributed by atoms with E-state index in [0.29, 0.717) is 23.6 Å². The number of aryl methyl sites for hydroxylation is 2. The van der Waals surface area contributed by atoms with Gasteiger partial charge in [0.1, 0.15) is 11.6 Å². The van der Waals surface area contributed by atoms with Crippen molar-refractivity contribution < 1.29 is 18.7 Å². The SMILES string of the molecule is COc1ccc(F)cc1/C=C1/N=C(CCc2cccc(C)c2)OC1=O. The number of rotatable bonds is 5. The van der Waals surface area contributed by atoms with Crippen molar-refractivity contribution in [2.24, 2.45) is 4.99 Å². The van der Waals surface area contributed by atoms with Crippen LogP contribution in [0.5, 0.6) is 5.75 Å². The van der Waals surface area contributed by atoms with Crippen molar-refractivity contribution in [3.05, 3.63) is 70.7 Å². The van der Waals surface area contributed by atoms with Crippen LogP contribution in [0.1, 0.15) is 23.1 Å². The van der Waals surface area contributed by atoms with Crippen molar-refractivity contribution in [3.63, 3.8) is 0 Å². The molecule has 0 amide bonds. The Morgan fingerprint density at radius 1 is 1.20 bits per heavy atom. The second-order valence-electron chi connectivity index (χ2n) is 5.80. The van der Waals surface area contributed by atoms with Gasteiger partial charge >= 0.3 is 5.97 Å². The maximum absolute atomic E-state index is 13.4. The van der Waals surface area contributed by atoms with Gasteiger partial charge in [0.15, 0.2) is 11.6 Å². The Morgan fingerprint density at radius 3 is 2.80 bits per heavy atom. The molecule has 0 bridgehead atoms. The van der Waals surface area contributed by atoms with E-state index in [9.17, 15) is 9.18 Å². The third-order valence-corrected chi connectivity index (χ3v) is 3.86. The van der Waals surface area contributed by atoms with Gasteiger partial charge in [0, 0.05) is 12.0 Å². The van der Waals surface area contributed by atoms with Crippen molar-refractivity contribution >= 4 is 17.9 Å². The van der Waals surface area contributed by atoms with Gasteiger partial charge in [-0.05, 0) is 43.2 Å². The third kappa shape index (κ3) is 4.12. The number of carbonyl (C=O) groups is 1. The van der Waals surface area contributed by atoms with Crippen LogP contribution in [0.4, 0.5) is 4.39 Å². The summed E-state index contributed by atoms with van der Waals surface area (Å²) in [4.78, 5) is 16.2. The van der Waals surface area contributed by atoms with Gasteiger partial charge in [0.05, 0.1) is 7.11 Å². The minimum Gasteiger partial charge on any atom is -0.496 e. The molecule has 0 atom stereocenters. The molecule has 0 saturated carbocycles. The number of hydrogen-bond donors (Lipinski definition) is 0. The normalized spacial score (nSPS) is 15.2. The number of hydrogen-bond acceptors (Lipinski definition) is 4. The van der Waals surface area contributed by atoms with E-state index in [-0.39, 0.29) is 5.70 Å². The zero-order valence-electron chi connectivity index (χ0n) is 14.1. The summed E-state index contributed by atoms with van der Waals surface area (Å²) in [6, 6.07) is 12.2. The number of nitrogens with zero attached hydrogens (tertiary/aromatic N) is 1. The molecule has 0 saturated heterocycles. The summed E-state index contributed by atoms with van der Waals surface area (Å²) < 4.78 is 23.8. The Kier molecular flexibility index (Phi) is 4.93. The van der Waals surface area contributed by atoms with Crippen molar-refractivity contribution in [2.45, 2.75) is 19.8 Å². The molecule has 0 aliphatic carbocycles. The van der Waals surface area contributed by atoms with E-state index in [0.717, 1.165) is 12.0 Å². The fourth-order valence-corrected chi connectivity index (χ4v) is 2.64. The van der Waals surface area contributed by atoms with Crippen LogP contribution in [0.2, 0.25) is 0 Å². The molecule has 25 heavy (non-hydrogen) atoms. The van der Waals surface area contributed by atoms with Crippen molar-refractivity contribution in [1.82, 2.24) is 0 Å². The summed E-state index contributed by atoms with van der Waals surface area (Å²) in [5, 5.41) is 0. The number of aliphatic imine (C=N–C) groups is 1. The summed E-state index contributed by atoms with van der Waals surface area (Å²) in [7, 11) is 1.48. The molecule has 5 heteroatoms. The molecular formula is C20H18FNO3. The first-order valence-corrected chi connectivity index (χ1v) is 7.95. The van der Waals surface area contributed by atoms with Crippen LogP contribution < -0.4 is 4.74 Å². The summed E-state index contributed by atoms with van der Waals surface area (Å²) in [6.07, 6.45) is 2.72. The first kappa shape index (κ1) is 16.9. The van der Waals surface area contributed by atoms with Crippen molar-refractivity contribution in [2.75, 3.05) is 7.11 Å². The third-order valence-electron chi connectivity index (χ3n) is 3.86. The van der Waals surface area contributed by atoms with Gasteiger partial charge in [-0.3, -0.25) is 0 Å². The van der Waals surface area contributed by atoms with Gasteiger partial charge < -0.3 is 9.47 Å². The molecule has 0 spiro atoms. The summed E-state index contributed by atoms with van der Waals surface area (Å²) in [6.45, 7) is 2.03. The zero-order valence-corrected chi connectivity index (χ0v) is 14.1. The van der Waals surface area contributed by atoms with Crippen LogP contribution in [0.15, 0.2) is 53.2 Å². The molecule has 1 heterocycles. The Balaban J connectivity index is 1.77. The monoisotopic (exact) mass is 339 g/mol. The molecule has 128 valence electrons. The number of halogens is 1. The fraction of sp³-hybridized carbons (Fsp3) is 0.200. The lowest BCUT2D eigenvalue weighted by atomic mass is 10.1. The van der Waals surface area contributed by atoms with E-state index in [4.69, 9.17) is 9.47 Å².